The minimum absolute atomic E-state index is 0.140. The Hall–Kier alpha value is -0.650. The van der Waals surface area contributed by atoms with Crippen LogP contribution in [0.3, 0.4) is 0 Å². The molecule has 2 heterocycles. The third-order valence-electron chi connectivity index (χ3n) is 4.31. The molecule has 3 N–H and O–H groups in total. The van der Waals surface area contributed by atoms with Gasteiger partial charge in [0.2, 0.25) is 5.91 Å². The van der Waals surface area contributed by atoms with E-state index in [2.05, 4.69) is 24.1 Å². The molecule has 2 fully saturated rings. The van der Waals surface area contributed by atoms with Crippen LogP contribution in [0.25, 0.3) is 0 Å². The Labute approximate surface area is 109 Å². The molecule has 2 aliphatic heterocycles. The standard InChI is InChI=1S/C13H25N3O2/c1-10(2)11-9-13(12(14)17,3-8-18-11)16-6-4-15-5-7-16/h10-11,15H,3-9H2,1-2H3,(H2,14,17). The summed E-state index contributed by atoms with van der Waals surface area (Å²) >= 11 is 0. The fourth-order valence-electron chi connectivity index (χ4n) is 3.06. The molecule has 2 rings (SSSR count). The van der Waals surface area contributed by atoms with Crippen LogP contribution in [0, 0.1) is 5.92 Å². The average molecular weight is 255 g/mol. The first-order valence-electron chi connectivity index (χ1n) is 6.93. The lowest BCUT2D eigenvalue weighted by Gasteiger charge is -2.48. The van der Waals surface area contributed by atoms with E-state index in [-0.39, 0.29) is 12.0 Å². The Bertz CT molecular complexity index is 303. The first-order valence-corrected chi connectivity index (χ1v) is 6.93. The number of hydrogen-bond acceptors (Lipinski definition) is 4. The van der Waals surface area contributed by atoms with Crippen LogP contribution in [0.15, 0.2) is 0 Å². The molecule has 0 aromatic heterocycles. The van der Waals surface area contributed by atoms with E-state index in [1.165, 1.54) is 0 Å². The normalized spacial score (nSPS) is 34.7. The van der Waals surface area contributed by atoms with Gasteiger partial charge in [0.1, 0.15) is 5.54 Å². The number of nitrogens with zero attached hydrogens (tertiary/aromatic N) is 1. The van der Waals surface area contributed by atoms with Gasteiger partial charge in [-0.25, -0.2) is 0 Å². The van der Waals surface area contributed by atoms with Crippen LogP contribution in [-0.4, -0.2) is 55.2 Å². The summed E-state index contributed by atoms with van der Waals surface area (Å²) in [6.45, 7) is 8.57. The van der Waals surface area contributed by atoms with Crippen molar-refractivity contribution in [3.8, 4) is 0 Å². The van der Waals surface area contributed by atoms with E-state index in [4.69, 9.17) is 10.5 Å². The molecule has 1 amide bonds. The van der Waals surface area contributed by atoms with Crippen LogP contribution in [0.2, 0.25) is 0 Å². The molecule has 104 valence electrons. The Balaban J connectivity index is 2.17. The Morgan fingerprint density at radius 1 is 1.44 bits per heavy atom. The summed E-state index contributed by atoms with van der Waals surface area (Å²) in [6.07, 6.45) is 1.60. The highest BCUT2D eigenvalue weighted by Crippen LogP contribution is 2.33. The zero-order chi connectivity index (χ0) is 13.2. The van der Waals surface area contributed by atoms with Crippen molar-refractivity contribution in [2.24, 2.45) is 11.7 Å². The zero-order valence-electron chi connectivity index (χ0n) is 11.4. The number of amides is 1. The lowest BCUT2D eigenvalue weighted by Crippen LogP contribution is -2.65. The lowest BCUT2D eigenvalue weighted by atomic mass is 9.80. The molecule has 2 atom stereocenters. The average Bonchev–Trinajstić information content (AvgIpc) is 2.39. The molecular weight excluding hydrogens is 230 g/mol. The van der Waals surface area contributed by atoms with Crippen molar-refractivity contribution < 1.29 is 9.53 Å². The van der Waals surface area contributed by atoms with Gasteiger partial charge in [0, 0.05) is 39.2 Å². The van der Waals surface area contributed by atoms with Crippen LogP contribution in [0.1, 0.15) is 26.7 Å². The molecule has 0 aliphatic carbocycles. The Morgan fingerprint density at radius 3 is 2.67 bits per heavy atom. The van der Waals surface area contributed by atoms with Crippen molar-refractivity contribution in [1.29, 1.82) is 0 Å². The van der Waals surface area contributed by atoms with E-state index in [9.17, 15) is 4.79 Å². The number of primary amides is 1. The maximum absolute atomic E-state index is 12.0. The van der Waals surface area contributed by atoms with Gasteiger partial charge < -0.3 is 15.8 Å². The van der Waals surface area contributed by atoms with Crippen molar-refractivity contribution in [1.82, 2.24) is 10.2 Å². The van der Waals surface area contributed by atoms with Crippen molar-refractivity contribution in [2.45, 2.75) is 38.3 Å². The molecule has 2 unspecified atom stereocenters. The van der Waals surface area contributed by atoms with Gasteiger partial charge >= 0.3 is 0 Å². The van der Waals surface area contributed by atoms with Crippen molar-refractivity contribution in [3.63, 3.8) is 0 Å². The summed E-state index contributed by atoms with van der Waals surface area (Å²) in [7, 11) is 0. The van der Waals surface area contributed by atoms with Gasteiger partial charge in [0.15, 0.2) is 0 Å². The van der Waals surface area contributed by atoms with E-state index >= 15 is 0 Å². The smallest absolute Gasteiger partial charge is 0.238 e. The maximum atomic E-state index is 12.0. The van der Waals surface area contributed by atoms with Gasteiger partial charge in [-0.2, -0.15) is 0 Å². The molecule has 0 bridgehead atoms. The van der Waals surface area contributed by atoms with E-state index in [0.29, 0.717) is 12.5 Å². The van der Waals surface area contributed by atoms with Gasteiger partial charge in [-0.1, -0.05) is 13.8 Å². The molecule has 5 heteroatoms. The molecular formula is C13H25N3O2. The summed E-state index contributed by atoms with van der Waals surface area (Å²) in [5, 5.41) is 3.32. The van der Waals surface area contributed by atoms with Crippen molar-refractivity contribution in [3.05, 3.63) is 0 Å². The molecule has 0 aromatic rings. The first kappa shape index (κ1) is 13.8. The molecule has 5 nitrogen and oxygen atoms in total. The second-order valence-electron chi connectivity index (χ2n) is 5.74. The van der Waals surface area contributed by atoms with E-state index in [0.717, 1.165) is 39.0 Å². The molecule has 18 heavy (non-hydrogen) atoms. The van der Waals surface area contributed by atoms with Crippen LogP contribution < -0.4 is 11.1 Å². The number of nitrogens with two attached hydrogens (primary N) is 1. The summed E-state index contributed by atoms with van der Waals surface area (Å²) < 4.78 is 5.79. The van der Waals surface area contributed by atoms with Crippen LogP contribution in [-0.2, 0) is 9.53 Å². The third kappa shape index (κ3) is 2.53. The van der Waals surface area contributed by atoms with E-state index in [1.807, 2.05) is 0 Å². The minimum Gasteiger partial charge on any atom is -0.378 e. The van der Waals surface area contributed by atoms with Crippen LogP contribution in [0.4, 0.5) is 0 Å². The summed E-state index contributed by atoms with van der Waals surface area (Å²) in [5.74, 6) is 0.241. The lowest BCUT2D eigenvalue weighted by molar-refractivity contribution is -0.146. The maximum Gasteiger partial charge on any atom is 0.238 e. The predicted molar refractivity (Wildman–Crippen MR) is 70.2 cm³/mol. The summed E-state index contributed by atoms with van der Waals surface area (Å²) in [5.41, 5.74) is 5.25. The zero-order valence-corrected chi connectivity index (χ0v) is 11.4. The number of ether oxygens (including phenoxy) is 1. The van der Waals surface area contributed by atoms with Crippen LogP contribution in [0.5, 0.6) is 0 Å². The molecule has 2 aliphatic rings. The Kier molecular flexibility index (Phi) is 4.25. The number of rotatable bonds is 3. The fourth-order valence-corrected chi connectivity index (χ4v) is 3.06. The quantitative estimate of drug-likeness (QED) is 0.742. The van der Waals surface area contributed by atoms with Gasteiger partial charge in [-0.05, 0) is 12.3 Å². The molecule has 0 radical (unpaired) electrons. The second-order valence-corrected chi connectivity index (χ2v) is 5.74. The number of carbonyl (C=O) groups is 1. The van der Waals surface area contributed by atoms with Crippen LogP contribution >= 0.6 is 0 Å². The monoisotopic (exact) mass is 255 g/mol. The Morgan fingerprint density at radius 2 is 2.11 bits per heavy atom. The fraction of sp³-hybridized carbons (Fsp3) is 0.923. The van der Waals surface area contributed by atoms with Gasteiger partial charge in [0.05, 0.1) is 6.10 Å². The van der Waals surface area contributed by atoms with Gasteiger partial charge in [-0.3, -0.25) is 9.69 Å². The van der Waals surface area contributed by atoms with E-state index < -0.39 is 5.54 Å². The molecule has 2 saturated heterocycles. The SMILES string of the molecule is CC(C)C1CC(C(N)=O)(N2CCNCC2)CCO1. The summed E-state index contributed by atoms with van der Waals surface area (Å²) in [6, 6.07) is 0. The topological polar surface area (TPSA) is 67.6 Å². The number of nitrogens with one attached hydrogen (secondary N) is 1. The molecule has 0 spiro atoms. The molecule has 0 aromatic carbocycles. The third-order valence-corrected chi connectivity index (χ3v) is 4.31. The number of hydrogen-bond donors (Lipinski definition) is 2. The predicted octanol–water partition coefficient (Wildman–Crippen LogP) is -0.0493. The number of piperazine rings is 1. The largest absolute Gasteiger partial charge is 0.378 e. The van der Waals surface area contributed by atoms with Crippen molar-refractivity contribution >= 4 is 5.91 Å². The van der Waals surface area contributed by atoms with Gasteiger partial charge in [0.25, 0.3) is 0 Å². The highest BCUT2D eigenvalue weighted by molar-refractivity contribution is 5.85. The molecule has 0 saturated carbocycles. The first-order chi connectivity index (χ1) is 8.56. The highest BCUT2D eigenvalue weighted by Gasteiger charge is 2.47. The minimum atomic E-state index is -0.491. The van der Waals surface area contributed by atoms with E-state index in [1.54, 1.807) is 0 Å². The second kappa shape index (κ2) is 5.55. The summed E-state index contributed by atoms with van der Waals surface area (Å²) in [4.78, 5) is 14.3. The highest BCUT2D eigenvalue weighted by atomic mass is 16.5. The number of carbonyl (C=O) groups excluding carboxylic acids is 1. The van der Waals surface area contributed by atoms with Crippen molar-refractivity contribution in [2.75, 3.05) is 32.8 Å². The van der Waals surface area contributed by atoms with Gasteiger partial charge in [-0.15, -0.1) is 0 Å².